The molecule has 2 aromatic heterocycles. The lowest BCUT2D eigenvalue weighted by Crippen LogP contribution is -2.60. The first-order chi connectivity index (χ1) is 32.5. The fourth-order valence-electron chi connectivity index (χ4n) is 5.89. The smallest absolute Gasteiger partial charge is 0.326 e. The van der Waals surface area contributed by atoms with Crippen LogP contribution in [0.1, 0.15) is 54.6 Å². The van der Waals surface area contributed by atoms with Crippen molar-refractivity contribution in [3.63, 3.8) is 0 Å². The van der Waals surface area contributed by atoms with E-state index >= 15 is 0 Å². The minimum absolute atomic E-state index is 0.0108. The van der Waals surface area contributed by atoms with Crippen LogP contribution in [0.15, 0.2) is 35.3 Å². The van der Waals surface area contributed by atoms with E-state index in [2.05, 4.69) is 48.5 Å². The van der Waals surface area contributed by atoms with Crippen molar-refractivity contribution in [2.24, 2.45) is 5.73 Å². The molecule has 2 heterocycles. The van der Waals surface area contributed by atoms with Gasteiger partial charge in [-0.15, -0.1) is 0 Å². The van der Waals surface area contributed by atoms with Crippen molar-refractivity contribution in [1.82, 2.24) is 51.8 Å². The predicted octanol–water partition coefficient (Wildman–Crippen LogP) is -4.92. The number of nitrogens with one attached hydrogen (secondary N) is 8. The molecule has 17 N–H and O–H groups in total. The molecular weight excluding hydrogens is 943 g/mol. The second-order valence-corrected chi connectivity index (χ2v) is 15.0. The van der Waals surface area contributed by atoms with E-state index in [0.29, 0.717) is 11.4 Å². The van der Waals surface area contributed by atoms with Crippen LogP contribution in [0.2, 0.25) is 0 Å². The van der Waals surface area contributed by atoms with Crippen molar-refractivity contribution in [2.45, 2.75) is 81.3 Å². The number of amides is 6. The summed E-state index contributed by atoms with van der Waals surface area (Å²) in [6, 6.07) is -5.51. The van der Waals surface area contributed by atoms with Gasteiger partial charge in [0.25, 0.3) is 11.5 Å². The first kappa shape index (κ1) is 54.9. The minimum Gasteiger partial charge on any atom is -0.481 e. The highest BCUT2D eigenvalue weighted by molar-refractivity contribution is 7.80. The number of nitrogens with two attached hydrogens (primary N) is 2. The molecule has 31 heteroatoms. The lowest BCUT2D eigenvalue weighted by atomic mass is 10.1. The highest BCUT2D eigenvalue weighted by Crippen LogP contribution is 2.13. The third-order valence-electron chi connectivity index (χ3n) is 9.33. The fraction of sp³-hybridized carbons (Fsp3) is 0.395. The van der Waals surface area contributed by atoms with E-state index in [4.69, 9.17) is 11.5 Å². The Labute approximate surface area is 392 Å². The monoisotopic (exact) mass is 989 g/mol. The van der Waals surface area contributed by atoms with E-state index in [9.17, 15) is 83.1 Å². The van der Waals surface area contributed by atoms with Gasteiger partial charge in [-0.3, -0.25) is 52.9 Å². The van der Waals surface area contributed by atoms with Gasteiger partial charge >= 0.3 is 29.8 Å². The molecule has 372 valence electrons. The average Bonchev–Trinajstić information content (AvgIpc) is 3.27. The summed E-state index contributed by atoms with van der Waals surface area (Å²) in [5, 5.41) is 62.7. The van der Waals surface area contributed by atoms with Gasteiger partial charge in [0.2, 0.25) is 35.5 Å². The lowest BCUT2D eigenvalue weighted by Gasteiger charge is -2.25. The van der Waals surface area contributed by atoms with Crippen molar-refractivity contribution >= 4 is 101 Å². The van der Waals surface area contributed by atoms with Gasteiger partial charge in [0.05, 0.1) is 37.7 Å². The number of carboxylic acids is 5. The molecule has 0 aliphatic rings. The summed E-state index contributed by atoms with van der Waals surface area (Å²) in [6.45, 7) is -0.566. The molecule has 0 bridgehead atoms. The van der Waals surface area contributed by atoms with Crippen molar-refractivity contribution in [3.8, 4) is 0 Å². The molecule has 30 nitrogen and oxygen atoms in total. The molecular formula is C38H47N13O17S. The van der Waals surface area contributed by atoms with E-state index in [1.54, 1.807) is 0 Å². The van der Waals surface area contributed by atoms with Crippen LogP contribution in [0.4, 0.5) is 11.6 Å². The normalized spacial score (nSPS) is 13.4. The molecule has 0 saturated carbocycles. The largest absolute Gasteiger partial charge is 0.481 e. The second kappa shape index (κ2) is 26.0. The Morgan fingerprint density at radius 3 is 1.61 bits per heavy atom. The fourth-order valence-corrected chi connectivity index (χ4v) is 6.15. The Kier molecular flexibility index (Phi) is 20.7. The zero-order valence-electron chi connectivity index (χ0n) is 35.8. The standard InChI is InChI=1S/C38H47N13O17S/c39-12-23(34(63)46-19(7-8-69)37(67)68)49-33(62)22(11-27(57)58)48-32(61)21(10-26(55)56)47-31(60)20(9-25(53)54)44-24(52)6-5-18(36(65)66)45-30(59)15-1-3-16(4-2-15)41-13-17-14-42-29-28(43-17)35(64)51-38(40)50-29/h1-4,14,18-23,41,69H,5-13,39H2,(H,44,52)(H,45,59)(H,46,63)(H,47,60)(H,48,61)(H,49,62)(H,53,54)(H,55,56)(H,57,58)(H,65,66)(H,67,68)(H3,40,42,50,51,64)/t18-,19-,20-,21-,22-,23-/m0/s1. The Balaban J connectivity index is 1.64. The second-order valence-electron chi connectivity index (χ2n) is 14.6. The number of H-pyrrole nitrogens is 1. The number of rotatable bonds is 28. The summed E-state index contributed by atoms with van der Waals surface area (Å²) in [6.07, 6.45) is -3.73. The molecule has 6 amide bonds. The number of hydrogen-bond acceptors (Lipinski definition) is 19. The highest BCUT2D eigenvalue weighted by atomic mass is 32.1. The number of aromatic amines is 1. The van der Waals surface area contributed by atoms with Crippen LogP contribution in [0, 0.1) is 0 Å². The number of carboxylic acid groups (broad SMARTS) is 5. The molecule has 0 saturated heterocycles. The van der Waals surface area contributed by atoms with Crippen LogP contribution in [-0.4, -0.2) is 159 Å². The Morgan fingerprint density at radius 2 is 1.12 bits per heavy atom. The molecule has 0 aliphatic heterocycles. The summed E-state index contributed by atoms with van der Waals surface area (Å²) in [7, 11) is 0. The van der Waals surface area contributed by atoms with Crippen LogP contribution < -0.4 is 54.2 Å². The Hall–Kier alpha value is -8.48. The van der Waals surface area contributed by atoms with Gasteiger partial charge in [-0.05, 0) is 42.9 Å². The van der Waals surface area contributed by atoms with Crippen molar-refractivity contribution in [1.29, 1.82) is 0 Å². The van der Waals surface area contributed by atoms with E-state index < -0.39 is 146 Å². The summed E-state index contributed by atoms with van der Waals surface area (Å²) in [5.74, 6) is -15.7. The number of carbonyl (C=O) groups is 11. The molecule has 0 spiro atoms. The van der Waals surface area contributed by atoms with Crippen molar-refractivity contribution < 1.29 is 78.3 Å². The number of benzene rings is 1. The Bertz CT molecular complexity index is 2510. The maximum atomic E-state index is 13.3. The zero-order chi connectivity index (χ0) is 51.5. The van der Waals surface area contributed by atoms with Crippen LogP contribution in [0.3, 0.4) is 0 Å². The molecule has 69 heavy (non-hydrogen) atoms. The predicted molar refractivity (Wildman–Crippen MR) is 236 cm³/mol. The van der Waals surface area contributed by atoms with Crippen LogP contribution in [0.25, 0.3) is 11.2 Å². The number of aliphatic carboxylic acids is 5. The van der Waals surface area contributed by atoms with Gasteiger partial charge in [0.15, 0.2) is 11.2 Å². The van der Waals surface area contributed by atoms with Gasteiger partial charge in [0, 0.05) is 24.2 Å². The van der Waals surface area contributed by atoms with Crippen molar-refractivity contribution in [2.75, 3.05) is 23.3 Å². The van der Waals surface area contributed by atoms with Gasteiger partial charge in [-0.1, -0.05) is 0 Å². The number of carbonyl (C=O) groups excluding carboxylic acids is 6. The lowest BCUT2D eigenvalue weighted by molar-refractivity contribution is -0.144. The van der Waals surface area contributed by atoms with Crippen LogP contribution in [0.5, 0.6) is 0 Å². The number of thiol groups is 1. The minimum atomic E-state index is -2.17. The molecule has 0 aliphatic carbocycles. The highest BCUT2D eigenvalue weighted by Gasteiger charge is 2.35. The van der Waals surface area contributed by atoms with E-state index in [0.717, 1.165) is 0 Å². The topological polar surface area (TPSA) is 497 Å². The number of nitrogens with zero attached hydrogens (tertiary/aromatic N) is 3. The number of hydrogen-bond donors (Lipinski definition) is 16. The molecule has 1 aromatic carbocycles. The summed E-state index contributed by atoms with van der Waals surface area (Å²) in [5.41, 5.74) is 11.3. The first-order valence-electron chi connectivity index (χ1n) is 20.1. The van der Waals surface area contributed by atoms with Crippen LogP contribution >= 0.6 is 12.6 Å². The molecule has 6 atom stereocenters. The third kappa shape index (κ3) is 17.7. The van der Waals surface area contributed by atoms with Gasteiger partial charge in [-0.25, -0.2) is 19.6 Å². The van der Waals surface area contributed by atoms with E-state index in [-0.39, 0.29) is 41.4 Å². The van der Waals surface area contributed by atoms with E-state index in [1.807, 2.05) is 21.3 Å². The number of fused-ring (bicyclic) bond motifs is 1. The zero-order valence-corrected chi connectivity index (χ0v) is 36.7. The first-order valence-corrected chi connectivity index (χ1v) is 20.7. The molecule has 0 radical (unpaired) electrons. The van der Waals surface area contributed by atoms with Crippen molar-refractivity contribution in [3.05, 3.63) is 52.1 Å². The maximum Gasteiger partial charge on any atom is 0.326 e. The third-order valence-corrected chi connectivity index (χ3v) is 9.58. The van der Waals surface area contributed by atoms with Gasteiger partial charge < -0.3 is 74.2 Å². The van der Waals surface area contributed by atoms with E-state index in [1.165, 1.54) is 30.5 Å². The quantitative estimate of drug-likeness (QED) is 0.0303. The number of aromatic nitrogens is 4. The average molecular weight is 990 g/mol. The number of nitrogen functional groups attached to an aromatic ring is 1. The SMILES string of the molecule is NC[C@H](NC(=O)[C@H](CC(=O)O)NC(=O)[C@H](CC(=O)O)NC(=O)[C@H](CC(=O)O)NC(=O)CC[C@H](NC(=O)c1ccc(NCc2cnc3nc(N)[nH]c(=O)c3n2)cc1)C(=O)O)C(=O)N[C@@H](CCS)C(=O)O. The maximum absolute atomic E-state index is 13.3. The van der Waals surface area contributed by atoms with Gasteiger partial charge in [-0.2, -0.15) is 17.6 Å². The Morgan fingerprint density at radius 1 is 0.638 bits per heavy atom. The summed E-state index contributed by atoms with van der Waals surface area (Å²) < 4.78 is 0. The summed E-state index contributed by atoms with van der Waals surface area (Å²) >= 11 is 3.90. The summed E-state index contributed by atoms with van der Waals surface area (Å²) in [4.78, 5) is 163. The number of anilines is 2. The molecule has 0 unspecified atom stereocenters. The van der Waals surface area contributed by atoms with Gasteiger partial charge in [0.1, 0.15) is 36.3 Å². The molecule has 3 aromatic rings. The van der Waals surface area contributed by atoms with Crippen LogP contribution in [-0.2, 0) is 54.5 Å². The molecule has 0 fully saturated rings. The molecule has 3 rings (SSSR count).